The van der Waals surface area contributed by atoms with Crippen LogP contribution in [-0.2, 0) is 0 Å². The van der Waals surface area contributed by atoms with Gasteiger partial charge in [-0.3, -0.25) is 0 Å². The molecule has 8 aromatic rings. The Kier molecular flexibility index (Phi) is 5.12. The van der Waals surface area contributed by atoms with Gasteiger partial charge in [0.15, 0.2) is 23.0 Å². The van der Waals surface area contributed by atoms with Crippen molar-refractivity contribution in [2.75, 3.05) is 9.80 Å². The summed E-state index contributed by atoms with van der Waals surface area (Å²) in [6.07, 6.45) is 0. The molecule has 0 saturated heterocycles. The summed E-state index contributed by atoms with van der Waals surface area (Å²) < 4.78 is 15.3. The Bertz CT molecular complexity index is 2440. The number of nitrogens with zero attached hydrogens (tertiary/aromatic N) is 2. The van der Waals surface area contributed by atoms with E-state index in [1.165, 1.54) is 30.9 Å². The van der Waals surface area contributed by atoms with E-state index in [1.807, 2.05) is 47.7 Å². The van der Waals surface area contributed by atoms with Gasteiger partial charge in [-0.15, -0.1) is 11.3 Å². The molecule has 0 spiro atoms. The Labute approximate surface area is 263 Å². The van der Waals surface area contributed by atoms with Crippen LogP contribution in [-0.4, -0.2) is 0 Å². The fourth-order valence-electron chi connectivity index (χ4n) is 6.73. The fraction of sp³-hybridized carbons (Fsp3) is 0. The second-order valence-electron chi connectivity index (χ2n) is 11.4. The molecule has 5 heteroatoms. The number of benzene rings is 7. The summed E-state index contributed by atoms with van der Waals surface area (Å²) in [5.74, 6) is 3.42. The summed E-state index contributed by atoms with van der Waals surface area (Å²) in [5, 5.41) is 4.83. The van der Waals surface area contributed by atoms with Crippen molar-refractivity contribution in [1.82, 2.24) is 0 Å². The van der Waals surface area contributed by atoms with Crippen molar-refractivity contribution in [1.29, 1.82) is 0 Å². The van der Waals surface area contributed by atoms with Crippen LogP contribution in [0.5, 0.6) is 23.0 Å². The van der Waals surface area contributed by atoms with Gasteiger partial charge in [0.1, 0.15) is 0 Å². The number of para-hydroxylation sites is 6. The molecule has 2 aliphatic rings. The van der Waals surface area contributed by atoms with Gasteiger partial charge in [-0.25, -0.2) is 0 Å². The first-order chi connectivity index (χ1) is 22.3. The number of ether oxygens (including phenoxy) is 2. The molecular formula is C40H24N2O2S. The highest BCUT2D eigenvalue weighted by atomic mass is 32.1. The molecular weight excluding hydrogens is 573 g/mol. The number of thiophene rings is 1. The van der Waals surface area contributed by atoms with Gasteiger partial charge in [0.2, 0.25) is 0 Å². The maximum Gasteiger partial charge on any atom is 0.152 e. The molecule has 7 aromatic carbocycles. The molecule has 1 aromatic heterocycles. The number of rotatable bonds is 2. The lowest BCUT2D eigenvalue weighted by molar-refractivity contribution is 0.477. The molecule has 45 heavy (non-hydrogen) atoms. The Hall–Kier alpha value is -5.78. The zero-order valence-electron chi connectivity index (χ0n) is 24.0. The minimum absolute atomic E-state index is 0.851. The van der Waals surface area contributed by atoms with E-state index < -0.39 is 0 Å². The van der Waals surface area contributed by atoms with Crippen LogP contribution in [0.25, 0.3) is 30.9 Å². The topological polar surface area (TPSA) is 24.9 Å². The number of anilines is 6. The van der Waals surface area contributed by atoms with Crippen LogP contribution in [0.15, 0.2) is 146 Å². The molecule has 0 atom stereocenters. The van der Waals surface area contributed by atoms with Gasteiger partial charge in [0.05, 0.1) is 22.7 Å². The average molecular weight is 597 g/mol. The maximum absolute atomic E-state index is 6.53. The Morgan fingerprint density at radius 1 is 0.378 bits per heavy atom. The zero-order chi connectivity index (χ0) is 29.5. The molecule has 2 aliphatic heterocycles. The minimum atomic E-state index is 0.851. The highest BCUT2D eigenvalue weighted by Crippen LogP contribution is 2.54. The molecule has 0 bridgehead atoms. The van der Waals surface area contributed by atoms with E-state index in [4.69, 9.17) is 9.47 Å². The zero-order valence-corrected chi connectivity index (χ0v) is 24.8. The smallest absolute Gasteiger partial charge is 0.152 e. The molecule has 0 aliphatic carbocycles. The number of hydrogen-bond acceptors (Lipinski definition) is 5. The van der Waals surface area contributed by atoms with Gasteiger partial charge in [0.25, 0.3) is 0 Å². The predicted octanol–water partition coefficient (Wildman–Crippen LogP) is 12.4. The van der Waals surface area contributed by atoms with E-state index in [9.17, 15) is 0 Å². The van der Waals surface area contributed by atoms with Crippen molar-refractivity contribution < 1.29 is 9.47 Å². The average Bonchev–Trinajstić information content (AvgIpc) is 3.45. The van der Waals surface area contributed by atoms with Crippen LogP contribution >= 0.6 is 11.3 Å². The highest BCUT2D eigenvalue weighted by Gasteiger charge is 2.28. The largest absolute Gasteiger partial charge is 0.453 e. The van der Waals surface area contributed by atoms with Crippen molar-refractivity contribution in [3.8, 4) is 23.0 Å². The molecule has 0 N–H and O–H groups in total. The van der Waals surface area contributed by atoms with E-state index >= 15 is 0 Å². The Balaban J connectivity index is 1.12. The van der Waals surface area contributed by atoms with E-state index in [0.717, 1.165) is 57.1 Å². The molecule has 0 fully saturated rings. The quantitative estimate of drug-likeness (QED) is 0.198. The maximum atomic E-state index is 6.53. The van der Waals surface area contributed by atoms with Gasteiger partial charge in [-0.2, -0.15) is 0 Å². The van der Waals surface area contributed by atoms with Crippen LogP contribution in [0, 0.1) is 0 Å². The Morgan fingerprint density at radius 2 is 0.889 bits per heavy atom. The van der Waals surface area contributed by atoms with Crippen LogP contribution in [0.2, 0.25) is 0 Å². The second-order valence-corrected chi connectivity index (χ2v) is 12.5. The summed E-state index contributed by atoms with van der Waals surface area (Å²) in [6.45, 7) is 0. The van der Waals surface area contributed by atoms with Crippen LogP contribution in [0.3, 0.4) is 0 Å². The molecule has 4 nitrogen and oxygen atoms in total. The lowest BCUT2D eigenvalue weighted by atomic mass is 10.0. The van der Waals surface area contributed by atoms with Crippen LogP contribution in [0.1, 0.15) is 0 Å². The predicted molar refractivity (Wildman–Crippen MR) is 186 cm³/mol. The molecule has 0 radical (unpaired) electrons. The highest BCUT2D eigenvalue weighted by molar-refractivity contribution is 7.25. The number of fused-ring (bicyclic) bond motifs is 8. The molecule has 0 amide bonds. The third-order valence-electron chi connectivity index (χ3n) is 8.78. The van der Waals surface area contributed by atoms with Crippen molar-refractivity contribution >= 4 is 76.4 Å². The summed E-state index contributed by atoms with van der Waals surface area (Å²) in [6, 6.07) is 51.2. The Morgan fingerprint density at radius 3 is 1.51 bits per heavy atom. The van der Waals surface area contributed by atoms with Crippen LogP contribution < -0.4 is 19.3 Å². The molecule has 212 valence electrons. The van der Waals surface area contributed by atoms with Gasteiger partial charge < -0.3 is 19.3 Å². The fourth-order valence-corrected chi connectivity index (χ4v) is 7.85. The first-order valence-electron chi connectivity index (χ1n) is 15.0. The van der Waals surface area contributed by atoms with E-state index in [0.29, 0.717) is 0 Å². The van der Waals surface area contributed by atoms with E-state index in [-0.39, 0.29) is 0 Å². The van der Waals surface area contributed by atoms with Gasteiger partial charge in [-0.1, -0.05) is 66.7 Å². The van der Waals surface area contributed by atoms with Crippen molar-refractivity contribution in [2.45, 2.75) is 0 Å². The monoisotopic (exact) mass is 596 g/mol. The van der Waals surface area contributed by atoms with Gasteiger partial charge >= 0.3 is 0 Å². The van der Waals surface area contributed by atoms with E-state index in [2.05, 4.69) is 119 Å². The summed E-state index contributed by atoms with van der Waals surface area (Å²) in [7, 11) is 0. The lowest BCUT2D eigenvalue weighted by Crippen LogP contribution is -2.16. The molecule has 10 rings (SSSR count). The summed E-state index contributed by atoms with van der Waals surface area (Å²) in [4.78, 5) is 4.62. The first kappa shape index (κ1) is 24.6. The third-order valence-corrected chi connectivity index (χ3v) is 9.91. The number of hydrogen-bond donors (Lipinski definition) is 0. The third kappa shape index (κ3) is 3.71. The van der Waals surface area contributed by atoms with Crippen LogP contribution in [0.4, 0.5) is 34.1 Å². The van der Waals surface area contributed by atoms with E-state index in [1.54, 1.807) is 0 Å². The van der Waals surface area contributed by atoms with Crippen molar-refractivity contribution in [3.63, 3.8) is 0 Å². The minimum Gasteiger partial charge on any atom is -0.453 e. The molecule has 0 saturated carbocycles. The van der Waals surface area contributed by atoms with Gasteiger partial charge in [-0.05, 0) is 89.6 Å². The molecule has 3 heterocycles. The standard InChI is InChI=1S/C40H24N2O2S/c1-8-16-39-29(9-1)30-23-38-34(24-40(30)45-39)42(33-12-4-7-15-37(33)44-38)28-20-18-25-21-27(19-17-26(25)22-28)41-31-10-2-5-13-35(31)43-36-14-6-3-11-32(36)41/h1-24H. The van der Waals surface area contributed by atoms with Crippen molar-refractivity contribution in [2.24, 2.45) is 0 Å². The van der Waals surface area contributed by atoms with Crippen molar-refractivity contribution in [3.05, 3.63) is 146 Å². The summed E-state index contributed by atoms with van der Waals surface area (Å²) >= 11 is 1.83. The lowest BCUT2D eigenvalue weighted by Gasteiger charge is -2.33. The van der Waals surface area contributed by atoms with Gasteiger partial charge in [0, 0.05) is 31.5 Å². The first-order valence-corrected chi connectivity index (χ1v) is 15.8. The summed E-state index contributed by atoms with van der Waals surface area (Å²) in [5.41, 5.74) is 6.32. The second kappa shape index (κ2) is 9.36. The molecule has 0 unspecified atom stereocenters. The SMILES string of the molecule is c1ccc2c(c1)Oc1ccccc1N2c1ccc2cc(N3c4ccccc4Oc4cc5c(cc43)sc3ccccc35)ccc2c1. The normalized spacial score (nSPS) is 13.2.